The molecule has 1 N–H and O–H groups in total. The van der Waals surface area contributed by atoms with Gasteiger partial charge in [-0.25, -0.2) is 0 Å². The van der Waals surface area contributed by atoms with Gasteiger partial charge in [0.1, 0.15) is 0 Å². The van der Waals surface area contributed by atoms with E-state index in [-0.39, 0.29) is 5.92 Å². The highest BCUT2D eigenvalue weighted by Gasteiger charge is 2.41. The van der Waals surface area contributed by atoms with Gasteiger partial charge in [-0.1, -0.05) is 82.7 Å². The molecule has 0 heterocycles. The van der Waals surface area contributed by atoms with E-state index in [9.17, 15) is 9.90 Å². The standard InChI is InChI=1S/C22H34O2/c1-3-4-9-14-22(15-10-6-11-16-22)20(17-18(2)21(23)24)19-12-7-5-8-13-19/h5,7-8,12-13,18,20H,3-4,6,9-11,14-17H2,1-2H3,(H,23,24). The Kier molecular flexibility index (Phi) is 7.33. The average Bonchev–Trinajstić information content (AvgIpc) is 2.61. The van der Waals surface area contributed by atoms with Crippen molar-refractivity contribution in [3.8, 4) is 0 Å². The summed E-state index contributed by atoms with van der Waals surface area (Å²) in [6.45, 7) is 4.13. The maximum atomic E-state index is 11.5. The molecule has 1 aliphatic carbocycles. The van der Waals surface area contributed by atoms with E-state index in [1.807, 2.05) is 6.92 Å². The van der Waals surface area contributed by atoms with Crippen LogP contribution in [0.3, 0.4) is 0 Å². The lowest BCUT2D eigenvalue weighted by molar-refractivity contribution is -0.141. The Labute approximate surface area is 147 Å². The van der Waals surface area contributed by atoms with Crippen molar-refractivity contribution < 1.29 is 9.90 Å². The summed E-state index contributed by atoms with van der Waals surface area (Å²) in [5.74, 6) is -0.558. The molecule has 2 rings (SSSR count). The molecule has 0 aromatic heterocycles. The zero-order valence-corrected chi connectivity index (χ0v) is 15.5. The summed E-state index contributed by atoms with van der Waals surface area (Å²) in [6, 6.07) is 10.7. The topological polar surface area (TPSA) is 37.3 Å². The molecule has 0 bridgehead atoms. The first-order valence-electron chi connectivity index (χ1n) is 9.87. The minimum Gasteiger partial charge on any atom is -0.481 e. The van der Waals surface area contributed by atoms with Crippen molar-refractivity contribution in [1.29, 1.82) is 0 Å². The van der Waals surface area contributed by atoms with Crippen molar-refractivity contribution in [2.75, 3.05) is 0 Å². The number of hydrogen-bond acceptors (Lipinski definition) is 1. The van der Waals surface area contributed by atoms with Crippen molar-refractivity contribution in [1.82, 2.24) is 0 Å². The van der Waals surface area contributed by atoms with Crippen molar-refractivity contribution in [2.45, 2.75) is 84.0 Å². The first-order chi connectivity index (χ1) is 11.6. The van der Waals surface area contributed by atoms with Gasteiger partial charge in [-0.15, -0.1) is 0 Å². The van der Waals surface area contributed by atoms with E-state index in [2.05, 4.69) is 37.3 Å². The molecular formula is C22H34O2. The van der Waals surface area contributed by atoms with E-state index in [1.54, 1.807) is 0 Å². The fourth-order valence-corrected chi connectivity index (χ4v) is 4.64. The van der Waals surface area contributed by atoms with Crippen LogP contribution in [0.1, 0.15) is 89.5 Å². The average molecular weight is 331 g/mol. The Morgan fingerprint density at radius 2 is 1.79 bits per heavy atom. The van der Waals surface area contributed by atoms with Crippen LogP contribution < -0.4 is 0 Å². The predicted molar refractivity (Wildman–Crippen MR) is 100 cm³/mol. The number of benzene rings is 1. The zero-order valence-electron chi connectivity index (χ0n) is 15.5. The number of unbranched alkanes of at least 4 members (excludes halogenated alkanes) is 2. The highest BCUT2D eigenvalue weighted by Crippen LogP contribution is 2.53. The normalized spacial score (nSPS) is 19.6. The zero-order chi connectivity index (χ0) is 17.4. The van der Waals surface area contributed by atoms with Gasteiger partial charge in [0.2, 0.25) is 0 Å². The summed E-state index contributed by atoms with van der Waals surface area (Å²) in [4.78, 5) is 11.5. The summed E-state index contributed by atoms with van der Waals surface area (Å²) in [7, 11) is 0. The molecule has 0 saturated heterocycles. The number of rotatable bonds is 9. The molecule has 134 valence electrons. The Morgan fingerprint density at radius 3 is 2.38 bits per heavy atom. The third kappa shape index (κ3) is 4.84. The highest BCUT2D eigenvalue weighted by atomic mass is 16.4. The molecule has 24 heavy (non-hydrogen) atoms. The molecule has 2 atom stereocenters. The fourth-order valence-electron chi connectivity index (χ4n) is 4.64. The lowest BCUT2D eigenvalue weighted by atomic mass is 9.59. The van der Waals surface area contributed by atoms with Gasteiger partial charge in [0.25, 0.3) is 0 Å². The number of carbonyl (C=O) groups is 1. The van der Waals surface area contributed by atoms with Crippen LogP contribution in [0.5, 0.6) is 0 Å². The Morgan fingerprint density at radius 1 is 1.12 bits per heavy atom. The minimum absolute atomic E-state index is 0.278. The summed E-state index contributed by atoms with van der Waals surface area (Å²) >= 11 is 0. The summed E-state index contributed by atoms with van der Waals surface area (Å²) in [6.07, 6.45) is 12.3. The number of carboxylic acid groups (broad SMARTS) is 1. The molecule has 1 aliphatic rings. The predicted octanol–water partition coefficient (Wildman–Crippen LogP) is 6.41. The third-order valence-electron chi connectivity index (χ3n) is 6.08. The van der Waals surface area contributed by atoms with E-state index in [1.165, 1.54) is 63.4 Å². The van der Waals surface area contributed by atoms with Crippen LogP contribution in [0.25, 0.3) is 0 Å². The van der Waals surface area contributed by atoms with Crippen LogP contribution in [0.15, 0.2) is 30.3 Å². The molecule has 2 unspecified atom stereocenters. The summed E-state index contributed by atoms with van der Waals surface area (Å²) in [5, 5.41) is 9.47. The smallest absolute Gasteiger partial charge is 0.306 e. The van der Waals surface area contributed by atoms with Crippen molar-refractivity contribution in [3.63, 3.8) is 0 Å². The van der Waals surface area contributed by atoms with Gasteiger partial charge in [-0.3, -0.25) is 4.79 Å². The molecule has 0 aliphatic heterocycles. The molecule has 0 radical (unpaired) electrons. The van der Waals surface area contributed by atoms with Gasteiger partial charge in [0.15, 0.2) is 0 Å². The quantitative estimate of drug-likeness (QED) is 0.531. The maximum Gasteiger partial charge on any atom is 0.306 e. The van der Waals surface area contributed by atoms with Crippen molar-refractivity contribution >= 4 is 5.97 Å². The molecule has 0 amide bonds. The molecule has 2 nitrogen and oxygen atoms in total. The molecule has 0 spiro atoms. The van der Waals surface area contributed by atoms with Gasteiger partial charge in [-0.2, -0.15) is 0 Å². The van der Waals surface area contributed by atoms with E-state index in [0.717, 1.165) is 6.42 Å². The Balaban J connectivity index is 2.30. The first-order valence-corrected chi connectivity index (χ1v) is 9.87. The van der Waals surface area contributed by atoms with E-state index in [0.29, 0.717) is 11.3 Å². The summed E-state index contributed by atoms with van der Waals surface area (Å²) in [5.41, 5.74) is 1.65. The second-order valence-corrected chi connectivity index (χ2v) is 7.82. The van der Waals surface area contributed by atoms with Crippen LogP contribution in [-0.2, 0) is 4.79 Å². The summed E-state index contributed by atoms with van der Waals surface area (Å²) < 4.78 is 0. The monoisotopic (exact) mass is 330 g/mol. The van der Waals surface area contributed by atoms with Crippen LogP contribution in [0.4, 0.5) is 0 Å². The SMILES string of the molecule is CCCCCC1(C(CC(C)C(=O)O)c2ccccc2)CCCCC1. The lowest BCUT2D eigenvalue weighted by Crippen LogP contribution is -2.33. The molecular weight excluding hydrogens is 296 g/mol. The molecule has 2 heteroatoms. The Hall–Kier alpha value is -1.31. The number of carboxylic acids is 1. The van der Waals surface area contributed by atoms with Gasteiger partial charge >= 0.3 is 5.97 Å². The molecule has 1 aromatic carbocycles. The highest BCUT2D eigenvalue weighted by molar-refractivity contribution is 5.69. The first kappa shape index (κ1) is 19.0. The van der Waals surface area contributed by atoms with Crippen LogP contribution in [0.2, 0.25) is 0 Å². The van der Waals surface area contributed by atoms with Crippen LogP contribution in [0, 0.1) is 11.3 Å². The van der Waals surface area contributed by atoms with Gasteiger partial charge in [0.05, 0.1) is 5.92 Å². The minimum atomic E-state index is -0.657. The number of hydrogen-bond donors (Lipinski definition) is 1. The Bertz CT molecular complexity index is 488. The van der Waals surface area contributed by atoms with Gasteiger partial charge in [-0.05, 0) is 42.6 Å². The second-order valence-electron chi connectivity index (χ2n) is 7.82. The van der Waals surface area contributed by atoms with E-state index >= 15 is 0 Å². The maximum absolute atomic E-state index is 11.5. The second kappa shape index (κ2) is 9.25. The van der Waals surface area contributed by atoms with Crippen LogP contribution in [-0.4, -0.2) is 11.1 Å². The largest absolute Gasteiger partial charge is 0.481 e. The molecule has 1 fully saturated rings. The van der Waals surface area contributed by atoms with E-state index in [4.69, 9.17) is 0 Å². The molecule has 1 saturated carbocycles. The third-order valence-corrected chi connectivity index (χ3v) is 6.08. The van der Waals surface area contributed by atoms with Crippen molar-refractivity contribution in [3.05, 3.63) is 35.9 Å². The van der Waals surface area contributed by atoms with E-state index < -0.39 is 5.97 Å². The van der Waals surface area contributed by atoms with Gasteiger partial charge in [0, 0.05) is 0 Å². The van der Waals surface area contributed by atoms with Crippen LogP contribution >= 0.6 is 0 Å². The molecule has 1 aromatic rings. The fraction of sp³-hybridized carbons (Fsp3) is 0.682. The van der Waals surface area contributed by atoms with Gasteiger partial charge < -0.3 is 5.11 Å². The number of aliphatic carboxylic acids is 1. The van der Waals surface area contributed by atoms with Crippen molar-refractivity contribution in [2.24, 2.45) is 11.3 Å². The lowest BCUT2D eigenvalue weighted by Gasteiger charge is -2.45.